The monoisotopic (exact) mass is 914 g/mol. The second-order valence-corrected chi connectivity index (χ2v) is 18.9. The number of unbranched alkanes of at least 4 members (excludes halogenated alkanes) is 26. The van der Waals surface area contributed by atoms with Crippen LogP contribution in [0.15, 0.2) is 84.9 Å². The Hall–Kier alpha value is -3.05. The molecule has 0 aromatic heterocycles. The number of nitrogens with one attached hydrogen (secondary N) is 1. The fourth-order valence-electron chi connectivity index (χ4n) is 8.43. The van der Waals surface area contributed by atoms with Gasteiger partial charge in [-0.05, 0) is 54.3 Å². The number of hydrogen-bond donors (Lipinski definition) is 1. The van der Waals surface area contributed by atoms with Crippen molar-refractivity contribution in [2.75, 3.05) is 18.5 Å². The summed E-state index contributed by atoms with van der Waals surface area (Å²) in [6.07, 6.45) is 37.7. The van der Waals surface area contributed by atoms with Crippen molar-refractivity contribution >= 4 is 46.1 Å². The topological polar surface area (TPSA) is 30.5 Å². The van der Waals surface area contributed by atoms with Crippen molar-refractivity contribution in [3.8, 4) is 33.8 Å². The smallest absolute Gasteiger partial charge is 0.119 e. The first-order valence-corrected chi connectivity index (χ1v) is 26.5. The maximum Gasteiger partial charge on any atom is 0.119 e. The van der Waals surface area contributed by atoms with Gasteiger partial charge < -0.3 is 14.8 Å². The lowest BCUT2D eigenvalue weighted by Gasteiger charge is -2.20. The van der Waals surface area contributed by atoms with E-state index in [1.165, 1.54) is 167 Å². The van der Waals surface area contributed by atoms with E-state index in [-0.39, 0.29) is 0 Å². The van der Waals surface area contributed by atoms with Gasteiger partial charge in [-0.3, -0.25) is 0 Å². The summed E-state index contributed by atoms with van der Waals surface area (Å²) >= 11 is 20.4. The zero-order valence-corrected chi connectivity index (χ0v) is 41.6. The first kappa shape index (κ1) is 52.6. The molecular weight excluding hydrogens is 834 g/mol. The van der Waals surface area contributed by atoms with E-state index in [1.807, 2.05) is 60.7 Å². The van der Waals surface area contributed by atoms with Gasteiger partial charge in [-0.25, -0.2) is 0 Å². The number of benzene rings is 4. The minimum atomic E-state index is 0.557. The summed E-state index contributed by atoms with van der Waals surface area (Å²) in [5, 5.41) is 4.63. The number of halogens is 2. The Balaban J connectivity index is 1.24. The molecule has 0 amide bonds. The van der Waals surface area contributed by atoms with Crippen LogP contribution in [0.2, 0.25) is 10.0 Å². The molecule has 0 unspecified atom stereocenters. The molecule has 0 fully saturated rings. The van der Waals surface area contributed by atoms with Crippen molar-refractivity contribution in [3.05, 3.63) is 101 Å². The number of hydrogen-bond acceptors (Lipinski definition) is 3. The second kappa shape index (κ2) is 33.4. The van der Waals surface area contributed by atoms with Crippen molar-refractivity contribution < 1.29 is 9.47 Å². The molecule has 0 saturated carbocycles. The summed E-state index contributed by atoms with van der Waals surface area (Å²) < 4.78 is 12.3. The summed E-state index contributed by atoms with van der Waals surface area (Å²) in [5.41, 5.74) is 5.11. The van der Waals surface area contributed by atoms with Gasteiger partial charge >= 0.3 is 0 Å². The fourth-order valence-corrected chi connectivity index (χ4v) is 9.29. The van der Waals surface area contributed by atoms with Gasteiger partial charge in [0.05, 0.1) is 28.9 Å². The molecule has 63 heavy (non-hydrogen) atoms. The molecule has 0 radical (unpaired) electrons. The molecule has 0 aliphatic rings. The molecule has 4 aromatic rings. The Morgan fingerprint density at radius 3 is 1.22 bits per heavy atom. The Morgan fingerprint density at radius 1 is 0.460 bits per heavy atom. The van der Waals surface area contributed by atoms with Crippen LogP contribution in [0.3, 0.4) is 0 Å². The third-order valence-electron chi connectivity index (χ3n) is 12.3. The van der Waals surface area contributed by atoms with Gasteiger partial charge in [0.25, 0.3) is 0 Å². The summed E-state index contributed by atoms with van der Waals surface area (Å²) in [5.74, 6) is 1.72. The van der Waals surface area contributed by atoms with Gasteiger partial charge in [-0.2, -0.15) is 0 Å². The third-order valence-corrected chi connectivity index (χ3v) is 13.4. The fraction of sp³-hybridized carbons (Fsp3) is 0.561. The minimum absolute atomic E-state index is 0.557. The van der Waals surface area contributed by atoms with Crippen LogP contribution in [0.5, 0.6) is 11.5 Å². The number of rotatable bonds is 36. The number of anilines is 1. The lowest BCUT2D eigenvalue weighted by atomic mass is 9.97. The van der Waals surface area contributed by atoms with Gasteiger partial charge in [0.15, 0.2) is 0 Å². The van der Waals surface area contributed by atoms with E-state index in [0.717, 1.165) is 65.4 Å². The van der Waals surface area contributed by atoms with Gasteiger partial charge in [-0.15, -0.1) is 0 Å². The maximum absolute atomic E-state index is 7.32. The van der Waals surface area contributed by atoms with Crippen molar-refractivity contribution in [2.24, 2.45) is 0 Å². The summed E-state index contributed by atoms with van der Waals surface area (Å²) in [7, 11) is 0. The Labute approximate surface area is 399 Å². The highest BCUT2D eigenvalue weighted by Crippen LogP contribution is 2.46. The SMILES string of the molecule is CCCCCCCCCCCCCCCCOc1ccc(-c2cc(Cl)c(-c3ccc(OCCCCCCCCCCCCCCCC)cc3)c(NC(=S)c3ccccc3)c2Cl)cc1. The van der Waals surface area contributed by atoms with Crippen LogP contribution in [-0.2, 0) is 0 Å². The molecule has 1 N–H and O–H groups in total. The van der Waals surface area contributed by atoms with Crippen molar-refractivity contribution in [1.29, 1.82) is 0 Å². The molecule has 0 aliphatic carbocycles. The quantitative estimate of drug-likeness (QED) is 0.0364. The molecule has 0 saturated heterocycles. The summed E-state index contributed by atoms with van der Waals surface area (Å²) in [6.45, 7) is 6.03. The zero-order chi connectivity index (χ0) is 44.6. The largest absolute Gasteiger partial charge is 0.494 e. The second-order valence-electron chi connectivity index (χ2n) is 17.7. The molecule has 0 bridgehead atoms. The van der Waals surface area contributed by atoms with E-state index in [9.17, 15) is 0 Å². The molecule has 346 valence electrons. The van der Waals surface area contributed by atoms with Gasteiger partial charge in [0, 0.05) is 16.7 Å². The first-order chi connectivity index (χ1) is 31.0. The summed E-state index contributed by atoms with van der Waals surface area (Å²) in [4.78, 5) is 0.576. The van der Waals surface area contributed by atoms with Crippen LogP contribution in [0, 0.1) is 0 Å². The predicted octanol–water partition coefficient (Wildman–Crippen LogP) is 19.8. The molecule has 0 atom stereocenters. The maximum atomic E-state index is 7.32. The van der Waals surface area contributed by atoms with E-state index in [2.05, 4.69) is 43.4 Å². The third kappa shape index (κ3) is 21.2. The van der Waals surface area contributed by atoms with Gasteiger partial charge in [-0.1, -0.05) is 271 Å². The van der Waals surface area contributed by atoms with E-state index in [0.29, 0.717) is 20.7 Å². The molecule has 0 spiro atoms. The van der Waals surface area contributed by atoms with Gasteiger partial charge in [0.1, 0.15) is 16.5 Å². The zero-order valence-electron chi connectivity index (χ0n) is 39.3. The van der Waals surface area contributed by atoms with Crippen LogP contribution in [0.1, 0.15) is 199 Å². The normalized spacial score (nSPS) is 11.2. The molecule has 0 aliphatic heterocycles. The minimum Gasteiger partial charge on any atom is -0.494 e. The molecule has 4 aromatic carbocycles. The number of ether oxygens (including phenoxy) is 2. The molecule has 0 heterocycles. The van der Waals surface area contributed by atoms with Crippen LogP contribution < -0.4 is 14.8 Å². The Kier molecular flexibility index (Phi) is 27.9. The standard InChI is InChI=1S/C57H81Cl2NO2S/c1-3-5-7-9-11-13-15-17-19-21-23-25-27-32-44-61-50-40-36-47(37-41-50)52-46-53(58)54(56(55(52)59)60-57(63)49-34-30-29-31-35-49)48-38-42-51(43-39-48)62-45-33-28-26-24-22-20-18-16-14-12-10-8-6-4-2/h29-31,34-43,46H,3-28,32-33,44-45H2,1-2H3,(H,60,63). The molecule has 4 rings (SSSR count). The van der Waals surface area contributed by atoms with Crippen molar-refractivity contribution in [1.82, 2.24) is 0 Å². The number of thiocarbonyl (C=S) groups is 1. The highest BCUT2D eigenvalue weighted by Gasteiger charge is 2.20. The molecule has 6 heteroatoms. The first-order valence-electron chi connectivity index (χ1n) is 25.4. The predicted molar refractivity (Wildman–Crippen MR) is 281 cm³/mol. The summed E-state index contributed by atoms with van der Waals surface area (Å²) in [6, 6.07) is 28.2. The van der Waals surface area contributed by atoms with E-state index < -0.39 is 0 Å². The van der Waals surface area contributed by atoms with Crippen molar-refractivity contribution in [3.63, 3.8) is 0 Å². The van der Waals surface area contributed by atoms with Crippen LogP contribution in [0.25, 0.3) is 22.3 Å². The lowest BCUT2D eigenvalue weighted by molar-refractivity contribution is 0.304. The van der Waals surface area contributed by atoms with Crippen LogP contribution in [0.4, 0.5) is 5.69 Å². The van der Waals surface area contributed by atoms with Crippen LogP contribution in [-0.4, -0.2) is 18.2 Å². The van der Waals surface area contributed by atoms with Crippen molar-refractivity contribution in [2.45, 2.75) is 194 Å². The highest BCUT2D eigenvalue weighted by molar-refractivity contribution is 7.81. The van der Waals surface area contributed by atoms with Crippen LogP contribution >= 0.6 is 35.4 Å². The average molecular weight is 915 g/mol. The Morgan fingerprint density at radius 2 is 0.825 bits per heavy atom. The Bertz CT molecular complexity index is 1780. The van der Waals surface area contributed by atoms with E-state index >= 15 is 0 Å². The van der Waals surface area contributed by atoms with E-state index in [4.69, 9.17) is 44.9 Å². The average Bonchev–Trinajstić information content (AvgIpc) is 3.31. The highest BCUT2D eigenvalue weighted by atomic mass is 35.5. The molecular formula is C57H81Cl2NO2S. The lowest BCUT2D eigenvalue weighted by Crippen LogP contribution is -2.12. The molecule has 3 nitrogen and oxygen atoms in total. The van der Waals surface area contributed by atoms with Gasteiger partial charge in [0.2, 0.25) is 0 Å². The van der Waals surface area contributed by atoms with E-state index in [1.54, 1.807) is 0 Å².